The Labute approximate surface area is 120 Å². The number of nitrogens with one attached hydrogen (secondary N) is 1. The minimum atomic E-state index is -1.09. The van der Waals surface area contributed by atoms with E-state index in [4.69, 9.17) is 5.11 Å². The summed E-state index contributed by atoms with van der Waals surface area (Å²) in [6.07, 6.45) is -0.180. The first kappa shape index (κ1) is 14.9. The fourth-order valence-electron chi connectivity index (χ4n) is 2.33. The fourth-order valence-corrected chi connectivity index (χ4v) is 2.33. The lowest BCUT2D eigenvalue weighted by Crippen LogP contribution is -2.57. The second-order valence-electron chi connectivity index (χ2n) is 4.71. The number of nitro groups is 1. The zero-order valence-electron chi connectivity index (χ0n) is 11.2. The van der Waals surface area contributed by atoms with Gasteiger partial charge in [0.25, 0.3) is 5.69 Å². The summed E-state index contributed by atoms with van der Waals surface area (Å²) in [6.45, 7) is 0.959. The molecule has 0 aliphatic carbocycles. The van der Waals surface area contributed by atoms with E-state index in [0.29, 0.717) is 6.54 Å². The van der Waals surface area contributed by atoms with Gasteiger partial charge in [-0.1, -0.05) is 18.2 Å². The number of nitro benzene ring substituents is 1. The molecule has 1 aliphatic rings. The van der Waals surface area contributed by atoms with Crippen molar-refractivity contribution in [3.05, 3.63) is 39.9 Å². The van der Waals surface area contributed by atoms with E-state index >= 15 is 0 Å². The Bertz CT molecular complexity index is 575. The van der Waals surface area contributed by atoms with E-state index in [1.54, 1.807) is 6.07 Å². The molecule has 112 valence electrons. The van der Waals surface area contributed by atoms with Crippen molar-refractivity contribution in [2.24, 2.45) is 0 Å². The molecular formula is C13H15N3O5. The first-order valence-electron chi connectivity index (χ1n) is 6.46. The molecule has 1 saturated heterocycles. The highest BCUT2D eigenvalue weighted by Crippen LogP contribution is 2.19. The Kier molecular flexibility index (Phi) is 4.49. The molecule has 8 heteroatoms. The van der Waals surface area contributed by atoms with Crippen molar-refractivity contribution < 1.29 is 19.6 Å². The maximum atomic E-state index is 12.3. The first-order valence-corrected chi connectivity index (χ1v) is 6.46. The van der Waals surface area contributed by atoms with E-state index < -0.39 is 22.8 Å². The number of carboxylic acid groups (broad SMARTS) is 1. The Morgan fingerprint density at radius 3 is 2.81 bits per heavy atom. The molecule has 1 fully saturated rings. The highest BCUT2D eigenvalue weighted by molar-refractivity contribution is 5.86. The minimum absolute atomic E-state index is 0.132. The lowest BCUT2D eigenvalue weighted by molar-refractivity contribution is -0.385. The predicted octanol–water partition coefficient (Wildman–Crippen LogP) is 0.0223. The van der Waals surface area contributed by atoms with E-state index in [0.717, 1.165) is 0 Å². The highest BCUT2D eigenvalue weighted by atomic mass is 16.6. The average molecular weight is 293 g/mol. The Morgan fingerprint density at radius 1 is 1.43 bits per heavy atom. The van der Waals surface area contributed by atoms with Crippen LogP contribution in [0.5, 0.6) is 0 Å². The Morgan fingerprint density at radius 2 is 2.14 bits per heavy atom. The number of hydrogen-bond donors (Lipinski definition) is 2. The molecular weight excluding hydrogens is 278 g/mol. The van der Waals surface area contributed by atoms with Crippen LogP contribution in [0.1, 0.15) is 5.56 Å². The first-order chi connectivity index (χ1) is 10.0. The summed E-state index contributed by atoms with van der Waals surface area (Å²) in [4.78, 5) is 35.1. The van der Waals surface area contributed by atoms with Crippen molar-refractivity contribution in [2.75, 3.05) is 19.6 Å². The molecule has 2 N–H and O–H groups in total. The van der Waals surface area contributed by atoms with Crippen molar-refractivity contribution in [1.29, 1.82) is 0 Å². The van der Waals surface area contributed by atoms with Gasteiger partial charge in [0, 0.05) is 31.3 Å². The van der Waals surface area contributed by atoms with Gasteiger partial charge in [-0.25, -0.2) is 4.79 Å². The molecule has 0 spiro atoms. The van der Waals surface area contributed by atoms with Crippen LogP contribution in [0.3, 0.4) is 0 Å². The largest absolute Gasteiger partial charge is 0.480 e. The molecule has 8 nitrogen and oxygen atoms in total. The number of piperazine rings is 1. The van der Waals surface area contributed by atoms with Gasteiger partial charge in [0.15, 0.2) is 0 Å². The van der Waals surface area contributed by atoms with Crippen LogP contribution >= 0.6 is 0 Å². The van der Waals surface area contributed by atoms with Gasteiger partial charge in [0.2, 0.25) is 5.91 Å². The van der Waals surface area contributed by atoms with Crippen molar-refractivity contribution in [1.82, 2.24) is 10.2 Å². The third-order valence-electron chi connectivity index (χ3n) is 3.38. The van der Waals surface area contributed by atoms with Crippen LogP contribution in [0.2, 0.25) is 0 Å². The predicted molar refractivity (Wildman–Crippen MR) is 72.8 cm³/mol. The van der Waals surface area contributed by atoms with Crippen LogP contribution in [-0.4, -0.2) is 52.5 Å². The number of rotatable bonds is 4. The van der Waals surface area contributed by atoms with Gasteiger partial charge in [-0.3, -0.25) is 14.9 Å². The zero-order valence-corrected chi connectivity index (χ0v) is 11.2. The summed E-state index contributed by atoms with van der Waals surface area (Å²) in [7, 11) is 0. The number of hydrogen-bond acceptors (Lipinski definition) is 5. The lowest BCUT2D eigenvalue weighted by Gasteiger charge is -2.33. The number of carbonyl (C=O) groups is 2. The van der Waals surface area contributed by atoms with Crippen LogP contribution < -0.4 is 5.32 Å². The molecule has 0 bridgehead atoms. The monoisotopic (exact) mass is 293 g/mol. The normalized spacial score (nSPS) is 18.3. The van der Waals surface area contributed by atoms with Crippen LogP contribution in [-0.2, 0) is 16.0 Å². The second kappa shape index (κ2) is 6.31. The molecule has 2 rings (SSSR count). The van der Waals surface area contributed by atoms with Crippen molar-refractivity contribution in [3.63, 3.8) is 0 Å². The number of aliphatic carboxylic acids is 1. The van der Waals surface area contributed by atoms with Crippen LogP contribution in [0.25, 0.3) is 0 Å². The molecule has 1 unspecified atom stereocenters. The molecule has 1 aromatic rings. The van der Waals surface area contributed by atoms with E-state index in [-0.39, 0.29) is 30.8 Å². The average Bonchev–Trinajstić information content (AvgIpc) is 2.47. The summed E-state index contributed by atoms with van der Waals surface area (Å²) in [5.74, 6) is -1.50. The molecule has 0 radical (unpaired) electrons. The lowest BCUT2D eigenvalue weighted by atomic mass is 10.1. The number of carboxylic acids is 1. The van der Waals surface area contributed by atoms with Crippen molar-refractivity contribution in [3.8, 4) is 0 Å². The van der Waals surface area contributed by atoms with Gasteiger partial charge in [0.05, 0.1) is 11.3 Å². The van der Waals surface area contributed by atoms with Gasteiger partial charge in [-0.05, 0) is 0 Å². The molecule has 1 amide bonds. The summed E-state index contributed by atoms with van der Waals surface area (Å²) < 4.78 is 0. The van der Waals surface area contributed by atoms with Gasteiger partial charge in [-0.15, -0.1) is 0 Å². The van der Waals surface area contributed by atoms with Gasteiger partial charge < -0.3 is 15.3 Å². The zero-order chi connectivity index (χ0) is 15.4. The molecule has 0 saturated carbocycles. The van der Waals surface area contributed by atoms with Crippen LogP contribution in [0, 0.1) is 10.1 Å². The Hall–Kier alpha value is -2.48. The van der Waals surface area contributed by atoms with Crippen LogP contribution in [0.4, 0.5) is 5.69 Å². The summed E-state index contributed by atoms with van der Waals surface area (Å²) >= 11 is 0. The van der Waals surface area contributed by atoms with Crippen molar-refractivity contribution in [2.45, 2.75) is 12.5 Å². The summed E-state index contributed by atoms with van der Waals surface area (Å²) in [5, 5.41) is 23.0. The van der Waals surface area contributed by atoms with Gasteiger partial charge in [0.1, 0.15) is 6.04 Å². The highest BCUT2D eigenvalue weighted by Gasteiger charge is 2.32. The molecule has 21 heavy (non-hydrogen) atoms. The minimum Gasteiger partial charge on any atom is -0.480 e. The third kappa shape index (κ3) is 3.34. The van der Waals surface area contributed by atoms with Gasteiger partial charge >= 0.3 is 5.97 Å². The molecule has 1 aromatic carbocycles. The molecule has 1 aliphatic heterocycles. The van der Waals surface area contributed by atoms with E-state index in [1.807, 2.05) is 0 Å². The number of benzene rings is 1. The number of amides is 1. The SMILES string of the molecule is O=C(O)C1CNCCN1C(=O)Cc1ccccc1[N+](=O)[O-]. The van der Waals surface area contributed by atoms with Crippen LogP contribution in [0.15, 0.2) is 24.3 Å². The van der Waals surface area contributed by atoms with Crippen molar-refractivity contribution >= 4 is 17.6 Å². The quantitative estimate of drug-likeness (QED) is 0.598. The van der Waals surface area contributed by atoms with E-state index in [1.165, 1.54) is 23.1 Å². The maximum Gasteiger partial charge on any atom is 0.327 e. The number of carbonyl (C=O) groups excluding carboxylic acids is 1. The third-order valence-corrected chi connectivity index (χ3v) is 3.38. The maximum absolute atomic E-state index is 12.3. The number of nitrogens with zero attached hydrogens (tertiary/aromatic N) is 2. The van der Waals surface area contributed by atoms with E-state index in [2.05, 4.69) is 5.32 Å². The fraction of sp³-hybridized carbons (Fsp3) is 0.385. The number of para-hydroxylation sites is 1. The second-order valence-corrected chi connectivity index (χ2v) is 4.71. The van der Waals surface area contributed by atoms with E-state index in [9.17, 15) is 19.7 Å². The molecule has 1 atom stereocenters. The summed E-state index contributed by atoms with van der Waals surface area (Å²) in [6, 6.07) is 5.04. The van der Waals surface area contributed by atoms with Gasteiger partial charge in [-0.2, -0.15) is 0 Å². The molecule has 1 heterocycles. The smallest absolute Gasteiger partial charge is 0.327 e. The standard InChI is InChI=1S/C13H15N3O5/c17-12(15-6-5-14-8-11(15)13(18)19)7-9-3-1-2-4-10(9)16(20)21/h1-4,11,14H,5-8H2,(H,18,19). The summed E-state index contributed by atoms with van der Waals surface area (Å²) in [5.41, 5.74) is 0.156. The topological polar surface area (TPSA) is 113 Å². The molecule has 0 aromatic heterocycles. The Balaban J connectivity index is 2.17.